The first-order chi connectivity index (χ1) is 13.1. The van der Waals surface area contributed by atoms with Gasteiger partial charge in [-0.2, -0.15) is 0 Å². The Kier molecular flexibility index (Phi) is 6.60. The van der Waals surface area contributed by atoms with E-state index in [9.17, 15) is 4.79 Å². The normalized spacial score (nSPS) is 19.5. The van der Waals surface area contributed by atoms with Crippen molar-refractivity contribution in [2.45, 2.75) is 43.9 Å². The molecule has 146 valence electrons. The molecule has 1 saturated carbocycles. The lowest BCUT2D eigenvalue weighted by atomic mass is 9.86. The summed E-state index contributed by atoms with van der Waals surface area (Å²) in [5.74, 6) is 2.39. The smallest absolute Gasteiger partial charge is 0.277 e. The number of ether oxygens (including phenoxy) is 2. The van der Waals surface area contributed by atoms with E-state index in [-0.39, 0.29) is 17.7 Å². The maximum Gasteiger partial charge on any atom is 0.277 e. The molecular weight excluding hydrogens is 366 g/mol. The summed E-state index contributed by atoms with van der Waals surface area (Å²) in [5.41, 5.74) is 0.729. The first kappa shape index (κ1) is 19.5. The molecule has 2 atom stereocenters. The molecule has 27 heavy (non-hydrogen) atoms. The van der Waals surface area contributed by atoms with E-state index in [2.05, 4.69) is 22.4 Å². The molecule has 0 spiro atoms. The minimum Gasteiger partial charge on any atom is -0.493 e. The average Bonchev–Trinajstić information content (AvgIpc) is 3.16. The number of hydrogen-bond donors (Lipinski definition) is 1. The van der Waals surface area contributed by atoms with Crippen molar-refractivity contribution in [1.82, 2.24) is 15.5 Å². The van der Waals surface area contributed by atoms with Crippen LogP contribution >= 0.6 is 11.8 Å². The van der Waals surface area contributed by atoms with Crippen molar-refractivity contribution in [3.63, 3.8) is 0 Å². The van der Waals surface area contributed by atoms with Gasteiger partial charge in [-0.25, -0.2) is 0 Å². The van der Waals surface area contributed by atoms with Crippen LogP contribution in [0.1, 0.15) is 32.6 Å². The van der Waals surface area contributed by atoms with Gasteiger partial charge in [-0.3, -0.25) is 4.79 Å². The van der Waals surface area contributed by atoms with Gasteiger partial charge in [0, 0.05) is 11.6 Å². The van der Waals surface area contributed by atoms with Crippen LogP contribution in [-0.2, 0) is 4.79 Å². The zero-order valence-corrected chi connectivity index (χ0v) is 16.7. The Labute approximate surface area is 163 Å². The molecule has 1 aromatic heterocycles. The number of rotatable bonds is 7. The van der Waals surface area contributed by atoms with Crippen LogP contribution in [0.25, 0.3) is 11.5 Å². The van der Waals surface area contributed by atoms with Gasteiger partial charge in [-0.1, -0.05) is 31.5 Å². The summed E-state index contributed by atoms with van der Waals surface area (Å²) in [6, 6.07) is 5.65. The molecule has 0 saturated heterocycles. The van der Waals surface area contributed by atoms with Crippen LogP contribution in [-0.4, -0.2) is 42.1 Å². The molecule has 1 heterocycles. The maximum atomic E-state index is 12.2. The van der Waals surface area contributed by atoms with Crippen molar-refractivity contribution in [1.29, 1.82) is 0 Å². The second-order valence-corrected chi connectivity index (χ2v) is 7.59. The predicted molar refractivity (Wildman–Crippen MR) is 103 cm³/mol. The Morgan fingerprint density at radius 3 is 2.74 bits per heavy atom. The summed E-state index contributed by atoms with van der Waals surface area (Å²) in [6.07, 6.45) is 4.67. The average molecular weight is 391 g/mol. The third kappa shape index (κ3) is 4.94. The van der Waals surface area contributed by atoms with Crippen molar-refractivity contribution >= 4 is 17.7 Å². The fourth-order valence-corrected chi connectivity index (χ4v) is 3.83. The van der Waals surface area contributed by atoms with E-state index < -0.39 is 0 Å². The number of nitrogens with zero attached hydrogens (tertiary/aromatic N) is 2. The number of thioether (sulfide) groups is 1. The van der Waals surface area contributed by atoms with Crippen molar-refractivity contribution in [3.05, 3.63) is 18.2 Å². The van der Waals surface area contributed by atoms with Crippen LogP contribution < -0.4 is 14.8 Å². The number of carbonyl (C=O) groups is 1. The lowest BCUT2D eigenvalue weighted by molar-refractivity contribution is -0.119. The predicted octanol–water partition coefficient (Wildman–Crippen LogP) is 3.54. The fraction of sp³-hybridized carbons (Fsp3) is 0.526. The molecule has 0 bridgehead atoms. The van der Waals surface area contributed by atoms with Crippen LogP contribution in [0, 0.1) is 5.92 Å². The molecule has 2 aromatic rings. The molecule has 1 aliphatic rings. The van der Waals surface area contributed by atoms with Crippen LogP contribution in [0.5, 0.6) is 11.5 Å². The van der Waals surface area contributed by atoms with Crippen LogP contribution in [0.2, 0.25) is 0 Å². The van der Waals surface area contributed by atoms with Gasteiger partial charge in [0.05, 0.1) is 20.0 Å². The second-order valence-electron chi connectivity index (χ2n) is 6.67. The topological polar surface area (TPSA) is 86.5 Å². The largest absolute Gasteiger partial charge is 0.493 e. The highest BCUT2D eigenvalue weighted by Crippen LogP contribution is 2.32. The number of benzene rings is 1. The van der Waals surface area contributed by atoms with E-state index in [1.807, 2.05) is 6.07 Å². The van der Waals surface area contributed by atoms with Gasteiger partial charge in [0.2, 0.25) is 11.8 Å². The highest BCUT2D eigenvalue weighted by atomic mass is 32.2. The quantitative estimate of drug-likeness (QED) is 0.722. The van der Waals surface area contributed by atoms with Crippen LogP contribution in [0.3, 0.4) is 0 Å². The first-order valence-corrected chi connectivity index (χ1v) is 10.1. The van der Waals surface area contributed by atoms with E-state index >= 15 is 0 Å². The van der Waals surface area contributed by atoms with E-state index in [1.165, 1.54) is 31.0 Å². The van der Waals surface area contributed by atoms with Gasteiger partial charge in [-0.15, -0.1) is 10.2 Å². The molecule has 0 radical (unpaired) electrons. The SMILES string of the molecule is COc1ccc(-c2nnc(SCC(=O)NC3CCCCC3C)o2)cc1OC. The first-order valence-electron chi connectivity index (χ1n) is 9.08. The fourth-order valence-electron chi connectivity index (χ4n) is 3.26. The van der Waals surface area contributed by atoms with Gasteiger partial charge < -0.3 is 19.2 Å². The minimum absolute atomic E-state index is 0.00427. The van der Waals surface area contributed by atoms with Gasteiger partial charge in [0.15, 0.2) is 11.5 Å². The number of hydrogen-bond acceptors (Lipinski definition) is 7. The molecule has 2 unspecified atom stereocenters. The van der Waals surface area contributed by atoms with E-state index in [0.29, 0.717) is 28.5 Å². The van der Waals surface area contributed by atoms with Gasteiger partial charge in [0.1, 0.15) is 0 Å². The number of amides is 1. The summed E-state index contributed by atoms with van der Waals surface area (Å²) in [5, 5.41) is 11.6. The van der Waals surface area contributed by atoms with Crippen molar-refractivity contribution in [2.75, 3.05) is 20.0 Å². The maximum absolute atomic E-state index is 12.2. The molecule has 1 fully saturated rings. The number of carbonyl (C=O) groups excluding carboxylic acids is 1. The summed E-state index contributed by atoms with van der Waals surface area (Å²) in [4.78, 5) is 12.2. The zero-order chi connectivity index (χ0) is 19.2. The zero-order valence-electron chi connectivity index (χ0n) is 15.9. The Morgan fingerprint density at radius 2 is 2.00 bits per heavy atom. The summed E-state index contributed by atoms with van der Waals surface area (Å²) in [6.45, 7) is 2.20. The molecule has 7 nitrogen and oxygen atoms in total. The van der Waals surface area contributed by atoms with Crippen molar-refractivity contribution < 1.29 is 18.7 Å². The Hall–Kier alpha value is -2.22. The lowest BCUT2D eigenvalue weighted by Gasteiger charge is -2.29. The number of aromatic nitrogens is 2. The molecule has 8 heteroatoms. The molecule has 1 amide bonds. The molecular formula is C19H25N3O4S. The molecule has 3 rings (SSSR count). The third-order valence-electron chi connectivity index (χ3n) is 4.82. The molecule has 0 aliphatic heterocycles. The Balaban J connectivity index is 1.57. The summed E-state index contributed by atoms with van der Waals surface area (Å²) in [7, 11) is 3.15. The summed E-state index contributed by atoms with van der Waals surface area (Å²) < 4.78 is 16.2. The highest BCUT2D eigenvalue weighted by molar-refractivity contribution is 7.99. The van der Waals surface area contributed by atoms with Crippen LogP contribution in [0.15, 0.2) is 27.8 Å². The van der Waals surface area contributed by atoms with Crippen molar-refractivity contribution in [3.8, 4) is 23.0 Å². The van der Waals surface area contributed by atoms with Crippen molar-refractivity contribution in [2.24, 2.45) is 5.92 Å². The standard InChI is InChI=1S/C19H25N3O4S/c1-12-6-4-5-7-14(12)20-17(23)11-27-19-22-21-18(26-19)13-8-9-15(24-2)16(10-13)25-3/h8-10,12,14H,4-7,11H2,1-3H3,(H,20,23). The van der Waals surface area contributed by atoms with E-state index in [0.717, 1.165) is 12.0 Å². The van der Waals surface area contributed by atoms with E-state index in [4.69, 9.17) is 13.9 Å². The number of methoxy groups -OCH3 is 2. The van der Waals surface area contributed by atoms with Gasteiger partial charge >= 0.3 is 0 Å². The molecule has 1 N–H and O–H groups in total. The highest BCUT2D eigenvalue weighted by Gasteiger charge is 2.23. The summed E-state index contributed by atoms with van der Waals surface area (Å²) >= 11 is 1.24. The minimum atomic E-state index is 0.00427. The molecule has 1 aromatic carbocycles. The van der Waals surface area contributed by atoms with Gasteiger partial charge in [0.25, 0.3) is 5.22 Å². The Morgan fingerprint density at radius 1 is 1.22 bits per heavy atom. The van der Waals surface area contributed by atoms with E-state index in [1.54, 1.807) is 26.4 Å². The Bertz CT molecular complexity index is 780. The van der Waals surface area contributed by atoms with Gasteiger partial charge in [-0.05, 0) is 37.0 Å². The van der Waals surface area contributed by atoms with Crippen LogP contribution in [0.4, 0.5) is 0 Å². The lowest BCUT2D eigenvalue weighted by Crippen LogP contribution is -2.41. The third-order valence-corrected chi connectivity index (χ3v) is 5.64. The second kappa shape index (κ2) is 9.12. The number of nitrogens with one attached hydrogen (secondary N) is 1. The monoisotopic (exact) mass is 391 g/mol. The molecule has 1 aliphatic carbocycles.